The number of aliphatic hydroxyl groups excluding tert-OH is 1. The zero-order valence-electron chi connectivity index (χ0n) is 10.7. The molecule has 6 heteroatoms. The van der Waals surface area contributed by atoms with Gasteiger partial charge in [0.05, 0.1) is 6.61 Å². The van der Waals surface area contributed by atoms with Gasteiger partial charge in [-0.3, -0.25) is 0 Å². The molecule has 0 aromatic heterocycles. The smallest absolute Gasteiger partial charge is 0.322 e. The lowest BCUT2D eigenvalue weighted by Gasteiger charge is -2.20. The van der Waals surface area contributed by atoms with Gasteiger partial charge in [0.25, 0.3) is 0 Å². The Bertz CT molecular complexity index is 454. The topological polar surface area (TPSA) is 52.6 Å². The van der Waals surface area contributed by atoms with Crippen LogP contribution in [0.1, 0.15) is 0 Å². The molecule has 0 spiro atoms. The molecule has 0 fully saturated rings. The van der Waals surface area contributed by atoms with Crippen molar-refractivity contribution in [1.29, 1.82) is 0 Å². The van der Waals surface area contributed by atoms with Crippen LogP contribution in [0.25, 0.3) is 0 Å². The second kappa shape index (κ2) is 7.81. The van der Waals surface area contributed by atoms with Gasteiger partial charge in [-0.25, -0.2) is 9.18 Å². The van der Waals surface area contributed by atoms with E-state index in [0.29, 0.717) is 17.1 Å². The minimum absolute atomic E-state index is 0.138. The fourth-order valence-electron chi connectivity index (χ4n) is 1.50. The van der Waals surface area contributed by atoms with Gasteiger partial charge in [0.1, 0.15) is 5.82 Å². The molecule has 0 saturated heterocycles. The molecule has 1 aromatic carbocycles. The Morgan fingerprint density at radius 1 is 1.63 bits per heavy atom. The molecule has 104 valence electrons. The quantitative estimate of drug-likeness (QED) is 0.623. The molecule has 2 N–H and O–H groups in total. The number of rotatable bonds is 6. The van der Waals surface area contributed by atoms with Crippen molar-refractivity contribution in [3.63, 3.8) is 0 Å². The highest BCUT2D eigenvalue weighted by Gasteiger charge is 2.12. The Morgan fingerprint density at radius 2 is 2.37 bits per heavy atom. The molecule has 4 nitrogen and oxygen atoms in total. The Hall–Kier alpha value is -1.53. The van der Waals surface area contributed by atoms with E-state index in [1.807, 2.05) is 0 Å². The van der Waals surface area contributed by atoms with E-state index in [1.54, 1.807) is 24.5 Å². The van der Waals surface area contributed by atoms with E-state index in [2.05, 4.69) is 11.9 Å². The van der Waals surface area contributed by atoms with Gasteiger partial charge in [-0.2, -0.15) is 0 Å². The Balaban J connectivity index is 2.74. The molecule has 0 saturated carbocycles. The van der Waals surface area contributed by atoms with Crippen LogP contribution in [0.15, 0.2) is 35.7 Å². The SMILES string of the molecule is C=CCN(CCO)C(=O)Nc1ccc(SC)c(F)c1. The van der Waals surface area contributed by atoms with Crippen LogP contribution in [0.4, 0.5) is 14.9 Å². The maximum Gasteiger partial charge on any atom is 0.322 e. The zero-order chi connectivity index (χ0) is 14.3. The standard InChI is InChI=1S/C13H17FN2O2S/c1-3-6-16(7-8-17)13(18)15-10-4-5-12(19-2)11(14)9-10/h3-5,9,17H,1,6-8H2,2H3,(H,15,18). The third-order valence-corrected chi connectivity index (χ3v) is 3.18. The van der Waals surface area contributed by atoms with Gasteiger partial charge in [0.15, 0.2) is 0 Å². The Kier molecular flexibility index (Phi) is 6.38. The minimum Gasteiger partial charge on any atom is -0.395 e. The highest BCUT2D eigenvalue weighted by atomic mass is 32.2. The predicted octanol–water partition coefficient (Wildman–Crippen LogP) is 2.56. The Morgan fingerprint density at radius 3 is 2.89 bits per heavy atom. The minimum atomic E-state index is -0.398. The van der Waals surface area contributed by atoms with Crippen LogP contribution in [0.5, 0.6) is 0 Å². The van der Waals surface area contributed by atoms with Crippen molar-refractivity contribution in [2.75, 3.05) is 31.3 Å². The van der Waals surface area contributed by atoms with E-state index < -0.39 is 6.03 Å². The maximum absolute atomic E-state index is 13.6. The molecule has 1 aromatic rings. The van der Waals surface area contributed by atoms with E-state index in [9.17, 15) is 9.18 Å². The van der Waals surface area contributed by atoms with Crippen molar-refractivity contribution in [3.8, 4) is 0 Å². The predicted molar refractivity (Wildman–Crippen MR) is 76.1 cm³/mol. The number of anilines is 1. The number of aliphatic hydroxyl groups is 1. The van der Waals surface area contributed by atoms with Gasteiger partial charge in [-0.1, -0.05) is 6.08 Å². The first-order valence-corrected chi connectivity index (χ1v) is 6.96. The largest absolute Gasteiger partial charge is 0.395 e. The highest BCUT2D eigenvalue weighted by molar-refractivity contribution is 7.98. The number of hydrogen-bond acceptors (Lipinski definition) is 3. The van der Waals surface area contributed by atoms with Crippen molar-refractivity contribution in [2.45, 2.75) is 4.90 Å². The first-order valence-electron chi connectivity index (χ1n) is 5.73. The summed E-state index contributed by atoms with van der Waals surface area (Å²) in [6.07, 6.45) is 3.34. The third-order valence-electron chi connectivity index (χ3n) is 2.41. The van der Waals surface area contributed by atoms with Gasteiger partial charge < -0.3 is 15.3 Å². The summed E-state index contributed by atoms with van der Waals surface area (Å²) >= 11 is 1.30. The van der Waals surface area contributed by atoms with Crippen molar-refractivity contribution < 1.29 is 14.3 Å². The molecule has 0 atom stereocenters. The van der Waals surface area contributed by atoms with Crippen LogP contribution < -0.4 is 5.32 Å². The monoisotopic (exact) mass is 284 g/mol. The van der Waals surface area contributed by atoms with Gasteiger partial charge in [-0.05, 0) is 24.5 Å². The molecule has 0 unspecified atom stereocenters. The van der Waals surface area contributed by atoms with Crippen LogP contribution in [0.2, 0.25) is 0 Å². The van der Waals surface area contributed by atoms with Crippen LogP contribution in [-0.4, -0.2) is 42.0 Å². The summed E-state index contributed by atoms with van der Waals surface area (Å²) < 4.78 is 13.6. The van der Waals surface area contributed by atoms with Gasteiger partial charge >= 0.3 is 6.03 Å². The molecule has 0 bridgehead atoms. The number of halogens is 1. The van der Waals surface area contributed by atoms with Crippen LogP contribution >= 0.6 is 11.8 Å². The average Bonchev–Trinajstić information content (AvgIpc) is 2.38. The molecule has 0 heterocycles. The van der Waals surface area contributed by atoms with Crippen LogP contribution in [0, 0.1) is 5.82 Å². The molecule has 19 heavy (non-hydrogen) atoms. The van der Waals surface area contributed by atoms with Gasteiger partial charge in [0.2, 0.25) is 0 Å². The second-order valence-corrected chi connectivity index (χ2v) is 4.59. The van der Waals surface area contributed by atoms with Crippen LogP contribution in [0.3, 0.4) is 0 Å². The van der Waals surface area contributed by atoms with E-state index in [-0.39, 0.29) is 19.0 Å². The lowest BCUT2D eigenvalue weighted by Crippen LogP contribution is -2.37. The zero-order valence-corrected chi connectivity index (χ0v) is 11.5. The average molecular weight is 284 g/mol. The first kappa shape index (κ1) is 15.5. The summed E-state index contributed by atoms with van der Waals surface area (Å²) in [4.78, 5) is 13.8. The normalized spacial score (nSPS) is 10.1. The molecular weight excluding hydrogens is 267 g/mol. The number of amides is 2. The van der Waals surface area contributed by atoms with Crippen molar-refractivity contribution in [1.82, 2.24) is 4.90 Å². The molecular formula is C13H17FN2O2S. The number of thioether (sulfide) groups is 1. The molecule has 0 aliphatic heterocycles. The molecule has 0 aliphatic rings. The number of nitrogens with zero attached hydrogens (tertiary/aromatic N) is 1. The second-order valence-electron chi connectivity index (χ2n) is 3.74. The van der Waals surface area contributed by atoms with E-state index in [0.717, 1.165) is 0 Å². The summed E-state index contributed by atoms with van der Waals surface area (Å²) in [5, 5.41) is 11.5. The molecule has 2 amide bonds. The maximum atomic E-state index is 13.6. The number of benzene rings is 1. The summed E-state index contributed by atoms with van der Waals surface area (Å²) in [5.74, 6) is -0.372. The number of nitrogens with one attached hydrogen (secondary N) is 1. The summed E-state index contributed by atoms with van der Waals surface area (Å²) in [5.41, 5.74) is 0.382. The summed E-state index contributed by atoms with van der Waals surface area (Å²) in [7, 11) is 0. The van der Waals surface area contributed by atoms with Crippen molar-refractivity contribution in [3.05, 3.63) is 36.7 Å². The fraction of sp³-hybridized carbons (Fsp3) is 0.308. The van der Waals surface area contributed by atoms with E-state index in [1.165, 1.54) is 22.7 Å². The Labute approximate surface area is 116 Å². The summed E-state index contributed by atoms with van der Waals surface area (Å²) in [6, 6.07) is 4.12. The first-order chi connectivity index (χ1) is 9.12. The van der Waals surface area contributed by atoms with Crippen molar-refractivity contribution in [2.24, 2.45) is 0 Å². The highest BCUT2D eigenvalue weighted by Crippen LogP contribution is 2.22. The van der Waals surface area contributed by atoms with E-state index >= 15 is 0 Å². The number of urea groups is 1. The number of carbonyl (C=O) groups excluding carboxylic acids is 1. The van der Waals surface area contributed by atoms with Gasteiger partial charge in [-0.15, -0.1) is 18.3 Å². The van der Waals surface area contributed by atoms with Gasteiger partial charge in [0, 0.05) is 23.7 Å². The third kappa shape index (κ3) is 4.57. The molecule has 0 radical (unpaired) electrons. The fourth-order valence-corrected chi connectivity index (χ4v) is 1.96. The lowest BCUT2D eigenvalue weighted by atomic mass is 10.3. The van der Waals surface area contributed by atoms with Crippen molar-refractivity contribution >= 4 is 23.5 Å². The number of carbonyl (C=O) groups is 1. The summed E-state index contributed by atoms with van der Waals surface area (Å²) in [6.45, 7) is 3.92. The molecule has 1 rings (SSSR count). The number of hydrogen-bond donors (Lipinski definition) is 2. The van der Waals surface area contributed by atoms with Crippen LogP contribution in [-0.2, 0) is 0 Å². The molecule has 0 aliphatic carbocycles. The van der Waals surface area contributed by atoms with E-state index in [4.69, 9.17) is 5.11 Å². The lowest BCUT2D eigenvalue weighted by molar-refractivity contribution is 0.195.